The summed E-state index contributed by atoms with van der Waals surface area (Å²) >= 11 is 3.48. The van der Waals surface area contributed by atoms with E-state index in [1.807, 2.05) is 19.2 Å². The van der Waals surface area contributed by atoms with Crippen molar-refractivity contribution in [2.45, 2.75) is 13.0 Å². The maximum absolute atomic E-state index is 5.60. The fraction of sp³-hybridized carbons (Fsp3) is 0.385. The molecule has 1 N–H and O–H groups in total. The third-order valence-electron chi connectivity index (χ3n) is 2.16. The van der Waals surface area contributed by atoms with Gasteiger partial charge in [-0.3, -0.25) is 0 Å². The molecule has 3 nitrogen and oxygen atoms in total. The maximum Gasteiger partial charge on any atom is 0.175 e. The molecule has 1 aromatic carbocycles. The standard InChI is InChI=1S/C13H16BrNO2/c1-4-5-6-17-13-11(14)7-10(9-15-2)8-12(13)16-3/h1,7-8,15H,5-6,9H2,2-3H3. The first-order valence-electron chi connectivity index (χ1n) is 5.30. The van der Waals surface area contributed by atoms with Crippen LogP contribution in [0.3, 0.4) is 0 Å². The first-order valence-corrected chi connectivity index (χ1v) is 6.09. The van der Waals surface area contributed by atoms with E-state index in [9.17, 15) is 0 Å². The van der Waals surface area contributed by atoms with Crippen LogP contribution in [0.4, 0.5) is 0 Å². The summed E-state index contributed by atoms with van der Waals surface area (Å²) in [6.45, 7) is 1.26. The Balaban J connectivity index is 2.91. The van der Waals surface area contributed by atoms with E-state index in [2.05, 4.69) is 27.2 Å². The van der Waals surface area contributed by atoms with Crippen LogP contribution >= 0.6 is 15.9 Å². The van der Waals surface area contributed by atoms with Crippen molar-refractivity contribution in [2.24, 2.45) is 0 Å². The molecule has 0 saturated carbocycles. The van der Waals surface area contributed by atoms with Crippen LogP contribution < -0.4 is 14.8 Å². The predicted molar refractivity (Wildman–Crippen MR) is 72.4 cm³/mol. The van der Waals surface area contributed by atoms with Crippen molar-refractivity contribution < 1.29 is 9.47 Å². The molecule has 1 aromatic rings. The van der Waals surface area contributed by atoms with Gasteiger partial charge in [-0.05, 0) is 40.7 Å². The highest BCUT2D eigenvalue weighted by molar-refractivity contribution is 9.10. The van der Waals surface area contributed by atoms with Crippen LogP contribution in [0.5, 0.6) is 11.5 Å². The molecule has 92 valence electrons. The second kappa shape index (κ2) is 7.21. The van der Waals surface area contributed by atoms with E-state index in [1.54, 1.807) is 7.11 Å². The van der Waals surface area contributed by atoms with Gasteiger partial charge in [0.2, 0.25) is 0 Å². The number of terminal acetylenes is 1. The van der Waals surface area contributed by atoms with Gasteiger partial charge in [0.05, 0.1) is 18.2 Å². The molecule has 0 spiro atoms. The second-order valence-corrected chi connectivity index (χ2v) is 4.30. The molecule has 0 aliphatic heterocycles. The van der Waals surface area contributed by atoms with Crippen molar-refractivity contribution in [3.05, 3.63) is 22.2 Å². The van der Waals surface area contributed by atoms with Gasteiger partial charge in [-0.2, -0.15) is 0 Å². The highest BCUT2D eigenvalue weighted by atomic mass is 79.9. The molecule has 0 bridgehead atoms. The number of ether oxygens (including phenoxy) is 2. The van der Waals surface area contributed by atoms with Gasteiger partial charge in [0.1, 0.15) is 0 Å². The molecule has 0 aliphatic rings. The topological polar surface area (TPSA) is 30.5 Å². The summed E-state index contributed by atoms with van der Waals surface area (Å²) in [6.07, 6.45) is 5.76. The van der Waals surface area contributed by atoms with E-state index in [0.717, 1.165) is 16.6 Å². The largest absolute Gasteiger partial charge is 0.493 e. The number of methoxy groups -OCH3 is 1. The van der Waals surface area contributed by atoms with Crippen molar-refractivity contribution in [3.63, 3.8) is 0 Å². The van der Waals surface area contributed by atoms with Crippen LogP contribution in [0.1, 0.15) is 12.0 Å². The van der Waals surface area contributed by atoms with Gasteiger partial charge in [0, 0.05) is 13.0 Å². The Morgan fingerprint density at radius 3 is 2.82 bits per heavy atom. The summed E-state index contributed by atoms with van der Waals surface area (Å²) in [5.74, 6) is 3.94. The van der Waals surface area contributed by atoms with Crippen LogP contribution in [-0.2, 0) is 6.54 Å². The summed E-state index contributed by atoms with van der Waals surface area (Å²) in [4.78, 5) is 0. The number of benzene rings is 1. The molecule has 0 atom stereocenters. The smallest absolute Gasteiger partial charge is 0.175 e. The van der Waals surface area contributed by atoms with Crippen molar-refractivity contribution >= 4 is 15.9 Å². The lowest BCUT2D eigenvalue weighted by Gasteiger charge is -2.13. The van der Waals surface area contributed by atoms with Crippen LogP contribution in [0.15, 0.2) is 16.6 Å². The van der Waals surface area contributed by atoms with Gasteiger partial charge in [-0.25, -0.2) is 0 Å². The highest BCUT2D eigenvalue weighted by Gasteiger charge is 2.11. The fourth-order valence-corrected chi connectivity index (χ4v) is 2.04. The number of hydrogen-bond donors (Lipinski definition) is 1. The molecule has 0 fully saturated rings. The minimum atomic E-state index is 0.483. The van der Waals surface area contributed by atoms with E-state index < -0.39 is 0 Å². The zero-order valence-corrected chi connectivity index (χ0v) is 11.6. The minimum Gasteiger partial charge on any atom is -0.493 e. The monoisotopic (exact) mass is 297 g/mol. The lowest BCUT2D eigenvalue weighted by Crippen LogP contribution is -2.06. The van der Waals surface area contributed by atoms with E-state index in [0.29, 0.717) is 24.5 Å². The van der Waals surface area contributed by atoms with Crippen LogP contribution in [0.25, 0.3) is 0 Å². The molecule has 4 heteroatoms. The van der Waals surface area contributed by atoms with Gasteiger partial charge in [-0.15, -0.1) is 12.3 Å². The van der Waals surface area contributed by atoms with Gasteiger partial charge in [-0.1, -0.05) is 0 Å². The average molecular weight is 298 g/mol. The summed E-state index contributed by atoms with van der Waals surface area (Å²) < 4.78 is 11.8. The van der Waals surface area contributed by atoms with Crippen molar-refractivity contribution in [1.82, 2.24) is 5.32 Å². The Labute approximate surface area is 111 Å². The van der Waals surface area contributed by atoms with Gasteiger partial charge in [0.25, 0.3) is 0 Å². The predicted octanol–water partition coefficient (Wildman–Crippen LogP) is 2.58. The molecule has 0 saturated heterocycles. The normalized spacial score (nSPS) is 9.76. The Bertz CT molecular complexity index is 413. The number of hydrogen-bond acceptors (Lipinski definition) is 3. The van der Waals surface area contributed by atoms with Crippen LogP contribution in [-0.4, -0.2) is 20.8 Å². The molecule has 0 radical (unpaired) electrons. The fourth-order valence-electron chi connectivity index (χ4n) is 1.43. The molecule has 0 unspecified atom stereocenters. The number of halogens is 1. The molecular formula is C13H16BrNO2. The summed E-state index contributed by atoms with van der Waals surface area (Å²) in [5.41, 5.74) is 1.13. The summed E-state index contributed by atoms with van der Waals surface area (Å²) in [5, 5.41) is 3.09. The highest BCUT2D eigenvalue weighted by Crippen LogP contribution is 2.36. The van der Waals surface area contributed by atoms with E-state index >= 15 is 0 Å². The Kier molecular flexibility index (Phi) is 5.88. The van der Waals surface area contributed by atoms with Crippen molar-refractivity contribution in [2.75, 3.05) is 20.8 Å². The number of nitrogens with one attached hydrogen (secondary N) is 1. The molecule has 17 heavy (non-hydrogen) atoms. The first kappa shape index (κ1) is 13.9. The lowest BCUT2D eigenvalue weighted by atomic mass is 10.2. The molecule has 1 rings (SSSR count). The van der Waals surface area contributed by atoms with Gasteiger partial charge >= 0.3 is 0 Å². The molecule has 0 aliphatic carbocycles. The van der Waals surface area contributed by atoms with Gasteiger partial charge < -0.3 is 14.8 Å². The molecule has 0 heterocycles. The summed E-state index contributed by atoms with van der Waals surface area (Å²) in [6, 6.07) is 3.96. The summed E-state index contributed by atoms with van der Waals surface area (Å²) in [7, 11) is 3.52. The third-order valence-corrected chi connectivity index (χ3v) is 2.75. The zero-order chi connectivity index (χ0) is 12.7. The Morgan fingerprint density at radius 2 is 2.24 bits per heavy atom. The van der Waals surface area contributed by atoms with Crippen molar-refractivity contribution in [3.8, 4) is 23.8 Å². The zero-order valence-electron chi connectivity index (χ0n) is 10.0. The third kappa shape index (κ3) is 3.95. The molecule has 0 amide bonds. The maximum atomic E-state index is 5.60. The van der Waals surface area contributed by atoms with E-state index in [1.165, 1.54) is 0 Å². The minimum absolute atomic E-state index is 0.483. The van der Waals surface area contributed by atoms with Gasteiger partial charge in [0.15, 0.2) is 11.5 Å². The SMILES string of the molecule is C#CCCOc1c(Br)cc(CNC)cc1OC. The second-order valence-electron chi connectivity index (χ2n) is 3.44. The van der Waals surface area contributed by atoms with Crippen LogP contribution in [0.2, 0.25) is 0 Å². The Morgan fingerprint density at radius 1 is 1.47 bits per heavy atom. The van der Waals surface area contributed by atoms with E-state index in [4.69, 9.17) is 15.9 Å². The van der Waals surface area contributed by atoms with Crippen molar-refractivity contribution in [1.29, 1.82) is 0 Å². The van der Waals surface area contributed by atoms with Crippen LogP contribution in [0, 0.1) is 12.3 Å². The number of rotatable bonds is 6. The average Bonchev–Trinajstić information content (AvgIpc) is 2.32. The quantitative estimate of drug-likeness (QED) is 0.647. The van der Waals surface area contributed by atoms with E-state index in [-0.39, 0.29) is 0 Å². The Hall–Kier alpha value is -1.18. The first-order chi connectivity index (χ1) is 8.22. The molecule has 0 aromatic heterocycles. The molecular weight excluding hydrogens is 282 g/mol. The lowest BCUT2D eigenvalue weighted by molar-refractivity contribution is 0.299.